The van der Waals surface area contributed by atoms with Gasteiger partial charge in [-0.1, -0.05) is 6.07 Å². The van der Waals surface area contributed by atoms with Gasteiger partial charge < -0.3 is 15.0 Å². The molecule has 0 bridgehead atoms. The number of rotatable bonds is 3. The van der Waals surface area contributed by atoms with Gasteiger partial charge in [0.15, 0.2) is 0 Å². The predicted molar refractivity (Wildman–Crippen MR) is 78.4 cm³/mol. The molecule has 1 heterocycles. The van der Waals surface area contributed by atoms with E-state index >= 15 is 0 Å². The second-order valence-corrected chi connectivity index (χ2v) is 5.43. The summed E-state index contributed by atoms with van der Waals surface area (Å²) in [6.45, 7) is 3.13. The number of ether oxygens (including phenoxy) is 1. The summed E-state index contributed by atoms with van der Waals surface area (Å²) in [6, 6.07) is 3.78. The van der Waals surface area contributed by atoms with Crippen LogP contribution in [0.25, 0.3) is 0 Å². The van der Waals surface area contributed by atoms with Gasteiger partial charge in [-0.15, -0.1) is 0 Å². The molecule has 1 aromatic carbocycles. The fourth-order valence-corrected chi connectivity index (χ4v) is 2.59. The minimum atomic E-state index is -0.732. The number of piperazine rings is 1. The van der Waals surface area contributed by atoms with Crippen molar-refractivity contribution in [2.75, 3.05) is 26.2 Å². The van der Waals surface area contributed by atoms with Gasteiger partial charge in [-0.2, -0.15) is 0 Å². The summed E-state index contributed by atoms with van der Waals surface area (Å²) in [6.07, 6.45) is 0. The van der Waals surface area contributed by atoms with Crippen LogP contribution in [0.3, 0.4) is 0 Å². The van der Waals surface area contributed by atoms with Crippen LogP contribution >= 0.6 is 15.9 Å². The summed E-state index contributed by atoms with van der Waals surface area (Å²) in [5, 5.41) is 3.04. The van der Waals surface area contributed by atoms with Crippen LogP contribution in [0.4, 0.5) is 4.39 Å². The number of esters is 1. The molecule has 1 aliphatic heterocycles. The van der Waals surface area contributed by atoms with Gasteiger partial charge in [0.2, 0.25) is 0 Å². The monoisotopic (exact) mass is 358 g/mol. The third kappa shape index (κ3) is 3.41. The molecule has 1 atom stereocenters. The first kappa shape index (κ1) is 15.9. The number of hydrogen-bond donors (Lipinski definition) is 1. The third-order valence-electron chi connectivity index (χ3n) is 3.24. The van der Waals surface area contributed by atoms with E-state index in [9.17, 15) is 14.0 Å². The number of nitrogens with zero attached hydrogens (tertiary/aromatic N) is 1. The van der Waals surface area contributed by atoms with Gasteiger partial charge in [0.1, 0.15) is 11.9 Å². The Hall–Kier alpha value is -1.47. The molecule has 0 spiro atoms. The summed E-state index contributed by atoms with van der Waals surface area (Å²) in [5.41, 5.74) is -0.0550. The average molecular weight is 359 g/mol. The van der Waals surface area contributed by atoms with Crippen molar-refractivity contribution in [3.8, 4) is 0 Å². The first-order chi connectivity index (χ1) is 10.1. The van der Waals surface area contributed by atoms with Gasteiger partial charge in [0.05, 0.1) is 16.6 Å². The highest BCUT2D eigenvalue weighted by Crippen LogP contribution is 2.21. The van der Waals surface area contributed by atoms with Crippen LogP contribution in [0.1, 0.15) is 17.3 Å². The van der Waals surface area contributed by atoms with E-state index in [1.54, 1.807) is 13.0 Å². The molecule has 1 aliphatic rings. The Morgan fingerprint density at radius 2 is 2.29 bits per heavy atom. The number of hydrogen-bond acceptors (Lipinski definition) is 4. The molecule has 2 rings (SSSR count). The minimum absolute atomic E-state index is 0.0550. The normalized spacial score (nSPS) is 18.4. The van der Waals surface area contributed by atoms with Crippen LogP contribution in [0.5, 0.6) is 0 Å². The van der Waals surface area contributed by atoms with E-state index in [4.69, 9.17) is 4.74 Å². The molecule has 0 radical (unpaired) electrons. The first-order valence-corrected chi connectivity index (χ1v) is 7.48. The maximum Gasteiger partial charge on any atom is 0.330 e. The topological polar surface area (TPSA) is 58.6 Å². The Labute approximate surface area is 130 Å². The zero-order valence-electron chi connectivity index (χ0n) is 11.6. The maximum atomic E-state index is 14.1. The Morgan fingerprint density at radius 3 is 3.00 bits per heavy atom. The van der Waals surface area contributed by atoms with Crippen molar-refractivity contribution >= 4 is 27.8 Å². The van der Waals surface area contributed by atoms with Crippen molar-refractivity contribution in [3.63, 3.8) is 0 Å². The number of amides is 1. The number of halogens is 2. The summed E-state index contributed by atoms with van der Waals surface area (Å²) in [7, 11) is 0. The van der Waals surface area contributed by atoms with Crippen molar-refractivity contribution < 1.29 is 18.7 Å². The minimum Gasteiger partial charge on any atom is -0.464 e. The van der Waals surface area contributed by atoms with Crippen molar-refractivity contribution in [1.82, 2.24) is 10.2 Å². The average Bonchev–Trinajstić information content (AvgIpc) is 2.49. The van der Waals surface area contributed by atoms with Crippen LogP contribution in [0.2, 0.25) is 0 Å². The van der Waals surface area contributed by atoms with Crippen LogP contribution in [0.15, 0.2) is 22.7 Å². The van der Waals surface area contributed by atoms with Crippen LogP contribution < -0.4 is 5.32 Å². The summed E-state index contributed by atoms with van der Waals surface area (Å²) < 4.78 is 19.3. The van der Waals surface area contributed by atoms with Gasteiger partial charge in [0.25, 0.3) is 5.91 Å². The second kappa shape index (κ2) is 7.00. The summed E-state index contributed by atoms with van der Waals surface area (Å²) in [4.78, 5) is 25.8. The lowest BCUT2D eigenvalue weighted by Crippen LogP contribution is -2.57. The smallest absolute Gasteiger partial charge is 0.330 e. The Bertz CT molecular complexity index is 553. The highest BCUT2D eigenvalue weighted by atomic mass is 79.9. The van der Waals surface area contributed by atoms with Gasteiger partial charge in [-0.05, 0) is 35.0 Å². The van der Waals surface area contributed by atoms with E-state index in [2.05, 4.69) is 21.2 Å². The lowest BCUT2D eigenvalue weighted by molar-refractivity contribution is -0.149. The highest BCUT2D eigenvalue weighted by Gasteiger charge is 2.34. The van der Waals surface area contributed by atoms with Gasteiger partial charge in [0, 0.05) is 19.6 Å². The van der Waals surface area contributed by atoms with Gasteiger partial charge >= 0.3 is 5.97 Å². The standard InChI is InChI=1S/C14H16BrFN2O3/c1-2-21-14(20)11-8-17-6-7-18(11)13(19)9-4-3-5-10(15)12(9)16/h3-5,11,17H,2,6-8H2,1H3. The molecule has 1 unspecified atom stereocenters. The molecule has 0 aromatic heterocycles. The Balaban J connectivity index is 2.26. The lowest BCUT2D eigenvalue weighted by Gasteiger charge is -2.34. The number of carbonyl (C=O) groups excluding carboxylic acids is 2. The summed E-state index contributed by atoms with van der Waals surface area (Å²) in [5.74, 6) is -1.61. The molecule has 1 fully saturated rings. The Morgan fingerprint density at radius 1 is 1.52 bits per heavy atom. The van der Waals surface area contributed by atoms with Crippen molar-refractivity contribution in [2.45, 2.75) is 13.0 Å². The molecule has 114 valence electrons. The van der Waals surface area contributed by atoms with Gasteiger partial charge in [-0.3, -0.25) is 4.79 Å². The quantitative estimate of drug-likeness (QED) is 0.833. The van der Waals surface area contributed by atoms with Gasteiger partial charge in [-0.25, -0.2) is 9.18 Å². The van der Waals surface area contributed by atoms with Crippen LogP contribution in [-0.4, -0.2) is 49.1 Å². The second-order valence-electron chi connectivity index (χ2n) is 4.57. The first-order valence-electron chi connectivity index (χ1n) is 6.68. The van der Waals surface area contributed by atoms with Crippen molar-refractivity contribution in [3.05, 3.63) is 34.1 Å². The molecule has 5 nitrogen and oxygen atoms in total. The third-order valence-corrected chi connectivity index (χ3v) is 3.86. The fourth-order valence-electron chi connectivity index (χ4n) is 2.22. The van der Waals surface area contributed by atoms with E-state index in [1.807, 2.05) is 0 Å². The molecule has 1 N–H and O–H groups in total. The number of benzene rings is 1. The van der Waals surface area contributed by atoms with E-state index in [0.29, 0.717) is 19.6 Å². The molecule has 1 amide bonds. The summed E-state index contributed by atoms with van der Waals surface area (Å²) >= 11 is 3.06. The van der Waals surface area contributed by atoms with Crippen molar-refractivity contribution in [2.24, 2.45) is 0 Å². The van der Waals surface area contributed by atoms with Crippen LogP contribution in [-0.2, 0) is 9.53 Å². The fraction of sp³-hybridized carbons (Fsp3) is 0.429. The number of nitrogens with one attached hydrogen (secondary N) is 1. The zero-order chi connectivity index (χ0) is 15.4. The molecule has 0 saturated carbocycles. The molecule has 7 heteroatoms. The number of carbonyl (C=O) groups is 2. The molecule has 0 aliphatic carbocycles. The van der Waals surface area contributed by atoms with E-state index in [-0.39, 0.29) is 16.6 Å². The lowest BCUT2D eigenvalue weighted by atomic mass is 10.1. The highest BCUT2D eigenvalue weighted by molar-refractivity contribution is 9.10. The zero-order valence-corrected chi connectivity index (χ0v) is 13.2. The van der Waals surface area contributed by atoms with E-state index in [0.717, 1.165) is 0 Å². The van der Waals surface area contributed by atoms with E-state index in [1.165, 1.54) is 17.0 Å². The predicted octanol–water partition coefficient (Wildman–Crippen LogP) is 1.57. The molecule has 1 aromatic rings. The maximum absolute atomic E-state index is 14.1. The SMILES string of the molecule is CCOC(=O)C1CNCCN1C(=O)c1cccc(Br)c1F. The molecule has 21 heavy (non-hydrogen) atoms. The van der Waals surface area contributed by atoms with Crippen molar-refractivity contribution in [1.29, 1.82) is 0 Å². The molecule has 1 saturated heterocycles. The largest absolute Gasteiger partial charge is 0.464 e. The molecular weight excluding hydrogens is 343 g/mol. The molecular formula is C14H16BrFN2O3. The van der Waals surface area contributed by atoms with E-state index < -0.39 is 23.7 Å². The van der Waals surface area contributed by atoms with Crippen LogP contribution in [0, 0.1) is 5.82 Å². The Kier molecular flexibility index (Phi) is 5.30.